The highest BCUT2D eigenvalue weighted by atomic mass is 35.5. The summed E-state index contributed by atoms with van der Waals surface area (Å²) in [6.45, 7) is -0.0928. The first-order chi connectivity index (χ1) is 17.7. The van der Waals surface area contributed by atoms with E-state index in [4.69, 9.17) is 21.1 Å². The van der Waals surface area contributed by atoms with Crippen LogP contribution in [0.4, 0.5) is 8.78 Å². The summed E-state index contributed by atoms with van der Waals surface area (Å²) in [6.07, 6.45) is -2.28. The van der Waals surface area contributed by atoms with Gasteiger partial charge in [-0.2, -0.15) is 5.26 Å². The van der Waals surface area contributed by atoms with E-state index in [0.29, 0.717) is 29.0 Å². The third-order valence-electron chi connectivity index (χ3n) is 7.48. The van der Waals surface area contributed by atoms with E-state index in [1.165, 1.54) is 7.11 Å². The van der Waals surface area contributed by atoms with E-state index in [0.717, 1.165) is 5.56 Å². The zero-order valence-corrected chi connectivity index (χ0v) is 21.1. The van der Waals surface area contributed by atoms with Gasteiger partial charge < -0.3 is 19.5 Å². The van der Waals surface area contributed by atoms with E-state index in [2.05, 4.69) is 11.1 Å². The number of aromatic nitrogens is 1. The largest absolute Gasteiger partial charge is 0.481 e. The molecule has 1 aliphatic heterocycles. The monoisotopic (exact) mass is 525 g/mol. The first-order valence-electron chi connectivity index (χ1n) is 11.9. The standard InChI is InChI=1S/C28H26ClF2N3O3/c1-34(16-23(30)31)15-19-13-27(35)25-21(12-22(29)33-26(25)36-2)37-28(27,20-10-8-17(14-32)9-11-20)24(19)18-6-4-3-5-7-18/h3-12,19,23-24,35H,13,15-16H2,1-2H3/t19-,24?,27?,28?/m1/s1. The van der Waals surface area contributed by atoms with Crippen LogP contribution in [-0.4, -0.2) is 48.7 Å². The maximum absolute atomic E-state index is 13.3. The summed E-state index contributed by atoms with van der Waals surface area (Å²) in [5, 5.41) is 22.2. The van der Waals surface area contributed by atoms with Gasteiger partial charge in [0.2, 0.25) is 5.88 Å². The van der Waals surface area contributed by atoms with Crippen LogP contribution in [-0.2, 0) is 11.2 Å². The third-order valence-corrected chi connectivity index (χ3v) is 7.67. The summed E-state index contributed by atoms with van der Waals surface area (Å²) in [5.41, 5.74) is -0.607. The van der Waals surface area contributed by atoms with Crippen molar-refractivity contribution in [3.8, 4) is 17.7 Å². The second-order valence-electron chi connectivity index (χ2n) is 9.68. The van der Waals surface area contributed by atoms with Crippen molar-refractivity contribution in [2.75, 3.05) is 27.2 Å². The lowest BCUT2D eigenvalue weighted by atomic mass is 9.71. The molecule has 37 heavy (non-hydrogen) atoms. The molecule has 2 heterocycles. The highest BCUT2D eigenvalue weighted by molar-refractivity contribution is 6.29. The molecule has 2 aromatic carbocycles. The molecule has 0 bridgehead atoms. The van der Waals surface area contributed by atoms with Crippen LogP contribution in [0.3, 0.4) is 0 Å². The molecular weight excluding hydrogens is 500 g/mol. The number of fused-ring (bicyclic) bond motifs is 3. The molecular formula is C28H26ClF2N3O3. The number of pyridine rings is 1. The van der Waals surface area contributed by atoms with Gasteiger partial charge in [-0.25, -0.2) is 13.8 Å². The average Bonchev–Trinajstić information content (AvgIpc) is 3.26. The molecule has 1 fully saturated rings. The van der Waals surface area contributed by atoms with Crippen LogP contribution in [0.5, 0.6) is 11.6 Å². The predicted octanol–water partition coefficient (Wildman–Crippen LogP) is 5.09. The molecule has 0 radical (unpaired) electrons. The Bertz CT molecular complexity index is 1330. The van der Waals surface area contributed by atoms with Crippen LogP contribution in [0.1, 0.15) is 34.6 Å². The molecule has 0 saturated heterocycles. The summed E-state index contributed by atoms with van der Waals surface area (Å²) in [7, 11) is 3.10. The molecule has 1 aromatic heterocycles. The smallest absolute Gasteiger partial charge is 0.251 e. The number of nitriles is 1. The zero-order valence-electron chi connectivity index (χ0n) is 20.4. The Morgan fingerprint density at radius 3 is 2.57 bits per heavy atom. The van der Waals surface area contributed by atoms with Gasteiger partial charge in [0.25, 0.3) is 6.43 Å². The van der Waals surface area contributed by atoms with Crippen molar-refractivity contribution in [1.29, 1.82) is 5.26 Å². The first-order valence-corrected chi connectivity index (χ1v) is 12.3. The van der Waals surface area contributed by atoms with Crippen LogP contribution < -0.4 is 9.47 Å². The van der Waals surface area contributed by atoms with E-state index in [9.17, 15) is 19.1 Å². The van der Waals surface area contributed by atoms with Gasteiger partial charge in [-0.1, -0.05) is 54.1 Å². The number of benzene rings is 2. The molecule has 1 saturated carbocycles. The van der Waals surface area contributed by atoms with Crippen LogP contribution in [0, 0.1) is 17.2 Å². The molecule has 5 rings (SSSR count). The Morgan fingerprint density at radius 1 is 1.24 bits per heavy atom. The van der Waals surface area contributed by atoms with Gasteiger partial charge in [0.05, 0.1) is 30.9 Å². The number of nitrogens with zero attached hydrogens (tertiary/aromatic N) is 3. The zero-order chi connectivity index (χ0) is 26.4. The van der Waals surface area contributed by atoms with Gasteiger partial charge in [0.1, 0.15) is 16.5 Å². The van der Waals surface area contributed by atoms with Crippen LogP contribution in [0.2, 0.25) is 5.15 Å². The molecule has 3 aromatic rings. The fourth-order valence-electron chi connectivity index (χ4n) is 6.24. The molecule has 6 nitrogen and oxygen atoms in total. The lowest BCUT2D eigenvalue weighted by molar-refractivity contribution is -0.106. The van der Waals surface area contributed by atoms with Crippen molar-refractivity contribution in [2.24, 2.45) is 5.92 Å². The number of aliphatic hydroxyl groups is 1. The second-order valence-corrected chi connectivity index (χ2v) is 10.1. The summed E-state index contributed by atoms with van der Waals surface area (Å²) in [5.74, 6) is -0.221. The Kier molecular flexibility index (Phi) is 6.57. The van der Waals surface area contributed by atoms with Crippen LogP contribution in [0.15, 0.2) is 60.7 Å². The summed E-state index contributed by atoms with van der Waals surface area (Å²) >= 11 is 6.27. The minimum absolute atomic E-state index is 0.147. The number of hydrogen-bond acceptors (Lipinski definition) is 6. The van der Waals surface area contributed by atoms with Gasteiger partial charge in [0.15, 0.2) is 5.60 Å². The topological polar surface area (TPSA) is 78.6 Å². The van der Waals surface area contributed by atoms with Crippen molar-refractivity contribution in [3.63, 3.8) is 0 Å². The van der Waals surface area contributed by atoms with E-state index >= 15 is 0 Å². The van der Waals surface area contributed by atoms with Gasteiger partial charge >= 0.3 is 0 Å². The van der Waals surface area contributed by atoms with Crippen LogP contribution in [0.25, 0.3) is 0 Å². The van der Waals surface area contributed by atoms with Crippen molar-refractivity contribution >= 4 is 11.6 Å². The number of rotatable bonds is 7. The Balaban J connectivity index is 1.76. The normalized spacial score (nSPS) is 26.0. The molecule has 1 aliphatic carbocycles. The quantitative estimate of drug-likeness (QED) is 0.433. The Labute approximate surface area is 219 Å². The van der Waals surface area contributed by atoms with Crippen molar-refractivity contribution in [1.82, 2.24) is 9.88 Å². The number of ether oxygens (including phenoxy) is 2. The van der Waals surface area contributed by atoms with E-state index in [1.807, 2.05) is 30.3 Å². The SMILES string of the molecule is COc1nc(Cl)cc2c1C1(O)C[C@H](CN(C)CC(F)F)C(c3ccccc3)C1(c1ccc(C#N)cc1)O2. The van der Waals surface area contributed by atoms with Crippen molar-refractivity contribution in [2.45, 2.75) is 30.0 Å². The first kappa shape index (κ1) is 25.4. The number of alkyl halides is 2. The van der Waals surface area contributed by atoms with Gasteiger partial charge in [-0.05, 0) is 42.6 Å². The lowest BCUT2D eigenvalue weighted by Crippen LogP contribution is -2.48. The summed E-state index contributed by atoms with van der Waals surface area (Å²) in [6, 6.07) is 20.2. The molecule has 0 amide bonds. The lowest BCUT2D eigenvalue weighted by Gasteiger charge is -2.41. The van der Waals surface area contributed by atoms with Gasteiger partial charge in [-0.3, -0.25) is 0 Å². The highest BCUT2D eigenvalue weighted by Crippen LogP contribution is 2.69. The van der Waals surface area contributed by atoms with E-state index in [1.54, 1.807) is 42.3 Å². The maximum Gasteiger partial charge on any atom is 0.251 e. The minimum atomic E-state index is -2.49. The Hall–Kier alpha value is -3.25. The number of halogens is 3. The molecule has 0 spiro atoms. The predicted molar refractivity (Wildman–Crippen MR) is 134 cm³/mol. The summed E-state index contributed by atoms with van der Waals surface area (Å²) in [4.78, 5) is 5.88. The molecule has 3 unspecified atom stereocenters. The van der Waals surface area contributed by atoms with E-state index < -0.39 is 30.1 Å². The van der Waals surface area contributed by atoms with Gasteiger partial charge in [-0.15, -0.1) is 0 Å². The van der Waals surface area contributed by atoms with Crippen molar-refractivity contribution < 1.29 is 23.4 Å². The van der Waals surface area contributed by atoms with Crippen LogP contribution >= 0.6 is 11.6 Å². The van der Waals surface area contributed by atoms with Crippen molar-refractivity contribution in [3.05, 3.63) is 88.1 Å². The fourth-order valence-corrected chi connectivity index (χ4v) is 6.42. The minimum Gasteiger partial charge on any atom is -0.481 e. The Morgan fingerprint density at radius 2 is 1.95 bits per heavy atom. The third kappa shape index (κ3) is 4.02. The average molecular weight is 526 g/mol. The number of methoxy groups -OCH3 is 1. The van der Waals surface area contributed by atoms with Gasteiger partial charge in [0, 0.05) is 18.5 Å². The number of hydrogen-bond donors (Lipinski definition) is 1. The maximum atomic E-state index is 13.3. The highest BCUT2D eigenvalue weighted by Gasteiger charge is 2.72. The molecule has 1 N–H and O–H groups in total. The molecule has 9 heteroatoms. The molecule has 4 atom stereocenters. The fraction of sp³-hybridized carbons (Fsp3) is 0.357. The second kappa shape index (κ2) is 9.56. The van der Waals surface area contributed by atoms with E-state index in [-0.39, 0.29) is 23.4 Å². The molecule has 2 aliphatic rings. The summed E-state index contributed by atoms with van der Waals surface area (Å²) < 4.78 is 38.8. The molecule has 192 valence electrons.